The summed E-state index contributed by atoms with van der Waals surface area (Å²) in [5, 5.41) is 9.20. The van der Waals surface area contributed by atoms with Crippen molar-refractivity contribution >= 4 is 22.5 Å². The zero-order valence-corrected chi connectivity index (χ0v) is 20.9. The molecule has 1 atom stereocenters. The van der Waals surface area contributed by atoms with Crippen LogP contribution in [0.1, 0.15) is 18.4 Å². The first-order valence-electron chi connectivity index (χ1n) is 12.6. The smallest absolute Gasteiger partial charge is 0.167 e. The van der Waals surface area contributed by atoms with Crippen LogP contribution < -0.4 is 15.5 Å². The fourth-order valence-corrected chi connectivity index (χ4v) is 5.28. The Morgan fingerprint density at radius 3 is 2.58 bits per heavy atom. The summed E-state index contributed by atoms with van der Waals surface area (Å²) < 4.78 is 37.4. The summed E-state index contributed by atoms with van der Waals surface area (Å²) in [4.78, 5) is 13.7. The van der Waals surface area contributed by atoms with Gasteiger partial charge in [-0.25, -0.2) is 18.7 Å². The summed E-state index contributed by atoms with van der Waals surface area (Å²) >= 11 is 0. The summed E-state index contributed by atoms with van der Waals surface area (Å²) in [6.07, 6.45) is 3.72. The number of nitrogens with two attached hydrogens (primary N) is 1. The van der Waals surface area contributed by atoms with Crippen LogP contribution in [0.5, 0.6) is 0 Å². The van der Waals surface area contributed by atoms with Crippen molar-refractivity contribution in [2.45, 2.75) is 25.0 Å². The second-order valence-electron chi connectivity index (χ2n) is 9.83. The number of anilines is 2. The molecular formula is C28H27F2N7O. The van der Waals surface area contributed by atoms with E-state index in [1.807, 2.05) is 23.1 Å². The lowest BCUT2D eigenvalue weighted by atomic mass is 10.1. The SMILES string of the molecule is COC1CN(c2ccc(-n3c(-c4ccc(C#N)c(F)c4)nc4c(N5CCCC(N)C5)ccnc43)c(F)c2)C1. The van der Waals surface area contributed by atoms with E-state index in [0.29, 0.717) is 42.2 Å². The van der Waals surface area contributed by atoms with E-state index in [1.54, 1.807) is 30.0 Å². The maximum absolute atomic E-state index is 15.8. The number of imidazole rings is 1. The number of halogens is 2. The highest BCUT2D eigenvalue weighted by atomic mass is 19.1. The second kappa shape index (κ2) is 9.67. The van der Waals surface area contributed by atoms with Gasteiger partial charge in [0.2, 0.25) is 0 Å². The standard InChI is InChI=1S/C28H27F2N7O/c1-38-21-15-36(16-21)20-6-7-24(23(30)12-20)37-27(17-4-5-18(13-31)22(29)11-17)34-26-25(8-9-33-28(26)37)35-10-2-3-19(32)14-35/h4-9,11-12,19,21H,2-3,10,14-16,32H2,1H3. The maximum atomic E-state index is 15.8. The second-order valence-corrected chi connectivity index (χ2v) is 9.83. The fraction of sp³-hybridized carbons (Fsp3) is 0.321. The van der Waals surface area contributed by atoms with Crippen molar-refractivity contribution < 1.29 is 13.5 Å². The lowest BCUT2D eigenvalue weighted by Crippen LogP contribution is -2.51. The van der Waals surface area contributed by atoms with E-state index < -0.39 is 11.6 Å². The molecule has 0 bridgehead atoms. The lowest BCUT2D eigenvalue weighted by molar-refractivity contribution is 0.0787. The zero-order valence-electron chi connectivity index (χ0n) is 20.9. The molecule has 0 radical (unpaired) electrons. The molecule has 0 saturated carbocycles. The third kappa shape index (κ3) is 4.14. The third-order valence-electron chi connectivity index (χ3n) is 7.39. The topological polar surface area (TPSA) is 96.2 Å². The van der Waals surface area contributed by atoms with E-state index >= 15 is 4.39 Å². The Balaban J connectivity index is 1.52. The number of aromatic nitrogens is 3. The van der Waals surface area contributed by atoms with Gasteiger partial charge in [0, 0.05) is 56.8 Å². The number of piperidine rings is 1. The summed E-state index contributed by atoms with van der Waals surface area (Å²) in [5.74, 6) is -0.787. The predicted octanol–water partition coefficient (Wildman–Crippen LogP) is 4.00. The molecule has 1 unspecified atom stereocenters. The first-order valence-corrected chi connectivity index (χ1v) is 12.6. The average Bonchev–Trinajstić information content (AvgIpc) is 3.28. The van der Waals surface area contributed by atoms with Gasteiger partial charge in [0.15, 0.2) is 5.65 Å². The molecule has 2 aromatic carbocycles. The van der Waals surface area contributed by atoms with Gasteiger partial charge in [-0.15, -0.1) is 0 Å². The van der Waals surface area contributed by atoms with Crippen LogP contribution >= 0.6 is 0 Å². The van der Waals surface area contributed by atoms with Crippen molar-refractivity contribution in [3.8, 4) is 23.1 Å². The zero-order chi connectivity index (χ0) is 26.4. The molecule has 2 aliphatic rings. The molecule has 10 heteroatoms. The molecule has 2 N–H and O–H groups in total. The number of rotatable bonds is 5. The molecule has 8 nitrogen and oxygen atoms in total. The van der Waals surface area contributed by atoms with E-state index in [9.17, 15) is 9.65 Å². The highest BCUT2D eigenvalue weighted by Crippen LogP contribution is 2.36. The number of nitrogens with zero attached hydrogens (tertiary/aromatic N) is 6. The molecule has 2 aliphatic heterocycles. The Kier molecular flexibility index (Phi) is 6.18. The monoisotopic (exact) mass is 515 g/mol. The molecule has 2 saturated heterocycles. The van der Waals surface area contributed by atoms with E-state index in [0.717, 1.165) is 30.8 Å². The van der Waals surface area contributed by atoms with Gasteiger partial charge in [0.05, 0.1) is 23.0 Å². The van der Waals surface area contributed by atoms with Gasteiger partial charge in [0.1, 0.15) is 29.0 Å². The number of pyridine rings is 1. The Morgan fingerprint density at radius 1 is 1.03 bits per heavy atom. The van der Waals surface area contributed by atoms with Crippen molar-refractivity contribution in [1.82, 2.24) is 14.5 Å². The Morgan fingerprint density at radius 2 is 1.87 bits per heavy atom. The largest absolute Gasteiger partial charge is 0.378 e. The molecule has 0 amide bonds. The van der Waals surface area contributed by atoms with Crippen molar-refractivity contribution in [3.63, 3.8) is 0 Å². The van der Waals surface area contributed by atoms with Crippen molar-refractivity contribution in [3.05, 3.63) is 65.9 Å². The quantitative estimate of drug-likeness (QED) is 0.429. The molecule has 6 rings (SSSR count). The summed E-state index contributed by atoms with van der Waals surface area (Å²) in [6.45, 7) is 2.89. The molecule has 2 fully saturated rings. The summed E-state index contributed by atoms with van der Waals surface area (Å²) in [6, 6.07) is 13.1. The predicted molar refractivity (Wildman–Crippen MR) is 141 cm³/mol. The van der Waals surface area contributed by atoms with Crippen LogP contribution in [0.15, 0.2) is 48.7 Å². The van der Waals surface area contributed by atoms with Crippen LogP contribution in [0, 0.1) is 23.0 Å². The number of fused-ring (bicyclic) bond motifs is 1. The number of hydrogen-bond donors (Lipinski definition) is 1. The average molecular weight is 516 g/mol. The minimum atomic E-state index is -0.667. The van der Waals surface area contributed by atoms with Gasteiger partial charge in [0.25, 0.3) is 0 Å². The molecular weight excluding hydrogens is 488 g/mol. The van der Waals surface area contributed by atoms with Crippen molar-refractivity contribution in [2.24, 2.45) is 5.73 Å². The maximum Gasteiger partial charge on any atom is 0.167 e. The first-order chi connectivity index (χ1) is 18.5. The van der Waals surface area contributed by atoms with Gasteiger partial charge in [-0.2, -0.15) is 5.26 Å². The molecule has 38 heavy (non-hydrogen) atoms. The highest BCUT2D eigenvalue weighted by Gasteiger charge is 2.28. The fourth-order valence-electron chi connectivity index (χ4n) is 5.28. The van der Waals surface area contributed by atoms with Gasteiger partial charge < -0.3 is 20.3 Å². The summed E-state index contributed by atoms with van der Waals surface area (Å²) in [7, 11) is 1.67. The van der Waals surface area contributed by atoms with Crippen LogP contribution in [0.3, 0.4) is 0 Å². The molecule has 4 aromatic rings. The number of ether oxygens (including phenoxy) is 1. The molecule has 0 spiro atoms. The molecule has 194 valence electrons. The minimum absolute atomic E-state index is 0.0466. The van der Waals surface area contributed by atoms with Crippen LogP contribution in [0.4, 0.5) is 20.2 Å². The summed E-state index contributed by atoms with van der Waals surface area (Å²) in [5.41, 5.74) is 9.48. The van der Waals surface area contributed by atoms with E-state index in [4.69, 9.17) is 15.5 Å². The molecule has 0 aliphatic carbocycles. The van der Waals surface area contributed by atoms with Gasteiger partial charge in [-0.1, -0.05) is 0 Å². The molecule has 4 heterocycles. The van der Waals surface area contributed by atoms with Crippen LogP contribution in [0.25, 0.3) is 28.2 Å². The van der Waals surface area contributed by atoms with E-state index in [1.165, 1.54) is 18.2 Å². The van der Waals surface area contributed by atoms with Crippen LogP contribution in [0.2, 0.25) is 0 Å². The number of nitriles is 1. The van der Waals surface area contributed by atoms with Crippen molar-refractivity contribution in [1.29, 1.82) is 5.26 Å². The minimum Gasteiger partial charge on any atom is -0.378 e. The normalized spacial score (nSPS) is 18.0. The van der Waals surface area contributed by atoms with E-state index in [-0.39, 0.29) is 23.4 Å². The Bertz CT molecular complexity index is 1560. The lowest BCUT2D eigenvalue weighted by Gasteiger charge is -2.40. The Hall–Kier alpha value is -4.07. The molecule has 2 aromatic heterocycles. The highest BCUT2D eigenvalue weighted by molar-refractivity contribution is 5.90. The Labute approximate surface area is 218 Å². The van der Waals surface area contributed by atoms with Crippen molar-refractivity contribution in [2.75, 3.05) is 43.1 Å². The first kappa shape index (κ1) is 24.3. The van der Waals surface area contributed by atoms with Gasteiger partial charge in [-0.3, -0.25) is 4.57 Å². The van der Waals surface area contributed by atoms with Crippen LogP contribution in [-0.4, -0.2) is 60.0 Å². The third-order valence-corrected chi connectivity index (χ3v) is 7.39. The number of hydrogen-bond acceptors (Lipinski definition) is 7. The van der Waals surface area contributed by atoms with Crippen LogP contribution in [-0.2, 0) is 4.74 Å². The van der Waals surface area contributed by atoms with E-state index in [2.05, 4.69) is 9.88 Å². The van der Waals surface area contributed by atoms with Gasteiger partial charge in [-0.05, 0) is 55.3 Å². The number of benzene rings is 2. The van der Waals surface area contributed by atoms with Gasteiger partial charge >= 0.3 is 0 Å². The number of methoxy groups -OCH3 is 1.